The van der Waals surface area contributed by atoms with E-state index in [0.717, 1.165) is 5.56 Å². The molecule has 0 aromatic heterocycles. The smallest absolute Gasteiger partial charge is 0.246 e. The van der Waals surface area contributed by atoms with Crippen molar-refractivity contribution in [2.75, 3.05) is 0 Å². The minimum Gasteiger partial charge on any atom is -0.319 e. The molecule has 0 saturated carbocycles. The van der Waals surface area contributed by atoms with Crippen molar-refractivity contribution in [2.45, 2.75) is 19.0 Å². The Bertz CT molecular complexity index is 389. The Morgan fingerprint density at radius 2 is 1.93 bits per heavy atom. The molecule has 1 aromatic rings. The Kier molecular flexibility index (Phi) is 2.51. The molecule has 4 nitrogen and oxygen atoms in total. The molecule has 0 unspecified atom stereocenters. The van der Waals surface area contributed by atoms with Gasteiger partial charge >= 0.3 is 0 Å². The van der Waals surface area contributed by atoms with Crippen molar-refractivity contribution in [3.05, 3.63) is 35.9 Å². The topological polar surface area (TPSA) is 63.4 Å². The van der Waals surface area contributed by atoms with Gasteiger partial charge in [0.2, 0.25) is 11.8 Å². The number of amides is 2. The summed E-state index contributed by atoms with van der Waals surface area (Å²) in [6.45, 7) is 0.326. The lowest BCUT2D eigenvalue weighted by Crippen LogP contribution is -2.34. The standard InChI is InChI=1S/C11H12N2O2/c12-9-6-10(14)13(11(9)15)7-8-4-2-1-3-5-8/h1-5,9H,6-7,12H2/t9-/m0/s1. The Labute approximate surface area is 87.7 Å². The number of imide groups is 1. The van der Waals surface area contributed by atoms with Gasteiger partial charge in [0.1, 0.15) is 0 Å². The van der Waals surface area contributed by atoms with Crippen LogP contribution in [-0.4, -0.2) is 22.8 Å². The van der Waals surface area contributed by atoms with E-state index in [9.17, 15) is 9.59 Å². The van der Waals surface area contributed by atoms with Crippen LogP contribution in [0, 0.1) is 0 Å². The third-order valence-corrected chi connectivity index (χ3v) is 2.46. The van der Waals surface area contributed by atoms with Gasteiger partial charge in [-0.05, 0) is 5.56 Å². The maximum atomic E-state index is 11.5. The number of hydrogen-bond donors (Lipinski definition) is 1. The quantitative estimate of drug-likeness (QED) is 0.703. The van der Waals surface area contributed by atoms with Crippen molar-refractivity contribution >= 4 is 11.8 Å². The van der Waals surface area contributed by atoms with E-state index in [1.165, 1.54) is 4.90 Å². The number of likely N-dealkylation sites (tertiary alicyclic amines) is 1. The Morgan fingerprint density at radius 3 is 2.47 bits per heavy atom. The molecule has 2 amide bonds. The fourth-order valence-electron chi connectivity index (χ4n) is 1.64. The van der Waals surface area contributed by atoms with E-state index in [4.69, 9.17) is 5.73 Å². The number of carbonyl (C=O) groups is 2. The van der Waals surface area contributed by atoms with Crippen LogP contribution in [0.2, 0.25) is 0 Å². The number of carbonyl (C=O) groups excluding carboxylic acids is 2. The van der Waals surface area contributed by atoms with Crippen LogP contribution < -0.4 is 5.73 Å². The van der Waals surface area contributed by atoms with Gasteiger partial charge in [-0.2, -0.15) is 0 Å². The number of benzene rings is 1. The zero-order valence-electron chi connectivity index (χ0n) is 8.22. The van der Waals surface area contributed by atoms with Crippen LogP contribution in [-0.2, 0) is 16.1 Å². The summed E-state index contributed by atoms with van der Waals surface area (Å²) in [5.74, 6) is -0.458. The predicted molar refractivity (Wildman–Crippen MR) is 54.6 cm³/mol. The van der Waals surface area contributed by atoms with E-state index in [0.29, 0.717) is 6.54 Å². The predicted octanol–water partition coefficient (Wildman–Crippen LogP) is 0.273. The van der Waals surface area contributed by atoms with Gasteiger partial charge in [-0.3, -0.25) is 14.5 Å². The first-order valence-corrected chi connectivity index (χ1v) is 4.82. The third kappa shape index (κ3) is 1.89. The summed E-state index contributed by atoms with van der Waals surface area (Å²) in [5, 5.41) is 0. The minimum absolute atomic E-state index is 0.131. The molecule has 0 radical (unpaired) electrons. The highest BCUT2D eigenvalue weighted by molar-refractivity contribution is 6.05. The zero-order chi connectivity index (χ0) is 10.8. The molecule has 78 valence electrons. The van der Waals surface area contributed by atoms with Gasteiger partial charge in [0.25, 0.3) is 0 Å². The maximum Gasteiger partial charge on any atom is 0.246 e. The van der Waals surface area contributed by atoms with E-state index >= 15 is 0 Å². The molecule has 0 bridgehead atoms. The summed E-state index contributed by atoms with van der Waals surface area (Å²) < 4.78 is 0. The van der Waals surface area contributed by atoms with Gasteiger partial charge in [0.15, 0.2) is 0 Å². The van der Waals surface area contributed by atoms with E-state index in [1.807, 2.05) is 30.3 Å². The summed E-state index contributed by atoms with van der Waals surface area (Å²) in [6.07, 6.45) is 0.131. The van der Waals surface area contributed by atoms with Crippen LogP contribution >= 0.6 is 0 Å². The molecule has 4 heteroatoms. The van der Waals surface area contributed by atoms with Gasteiger partial charge < -0.3 is 5.73 Å². The molecule has 1 aromatic carbocycles. The average Bonchev–Trinajstić information content (AvgIpc) is 2.47. The monoisotopic (exact) mass is 204 g/mol. The second-order valence-electron chi connectivity index (χ2n) is 3.61. The fraction of sp³-hybridized carbons (Fsp3) is 0.273. The second-order valence-corrected chi connectivity index (χ2v) is 3.61. The number of rotatable bonds is 2. The third-order valence-electron chi connectivity index (χ3n) is 2.46. The van der Waals surface area contributed by atoms with Crippen molar-refractivity contribution in [3.63, 3.8) is 0 Å². The lowest BCUT2D eigenvalue weighted by molar-refractivity contribution is -0.139. The molecule has 1 aliphatic rings. The first kappa shape index (κ1) is 9.86. The molecule has 1 aliphatic heterocycles. The van der Waals surface area contributed by atoms with Crippen LogP contribution in [0.3, 0.4) is 0 Å². The fourth-order valence-corrected chi connectivity index (χ4v) is 1.64. The first-order chi connectivity index (χ1) is 7.18. The van der Waals surface area contributed by atoms with Gasteiger partial charge in [-0.15, -0.1) is 0 Å². The van der Waals surface area contributed by atoms with E-state index in [-0.39, 0.29) is 18.2 Å². The summed E-state index contributed by atoms with van der Waals surface area (Å²) in [6, 6.07) is 8.75. The molecule has 1 atom stereocenters. The maximum absolute atomic E-state index is 11.5. The largest absolute Gasteiger partial charge is 0.319 e. The highest BCUT2D eigenvalue weighted by atomic mass is 16.2. The van der Waals surface area contributed by atoms with Crippen molar-refractivity contribution in [1.82, 2.24) is 4.90 Å². The van der Waals surface area contributed by atoms with Crippen LogP contribution in [0.4, 0.5) is 0 Å². The molecule has 1 heterocycles. The molecule has 0 spiro atoms. The molecule has 1 saturated heterocycles. The van der Waals surface area contributed by atoms with E-state index in [1.54, 1.807) is 0 Å². The van der Waals surface area contributed by atoms with Crippen molar-refractivity contribution in [3.8, 4) is 0 Å². The number of nitrogens with zero attached hydrogens (tertiary/aromatic N) is 1. The highest BCUT2D eigenvalue weighted by Crippen LogP contribution is 2.14. The molecule has 2 N–H and O–H groups in total. The highest BCUT2D eigenvalue weighted by Gasteiger charge is 2.35. The average molecular weight is 204 g/mol. The first-order valence-electron chi connectivity index (χ1n) is 4.82. The Balaban J connectivity index is 2.13. The summed E-state index contributed by atoms with van der Waals surface area (Å²) in [5.41, 5.74) is 6.44. The van der Waals surface area contributed by atoms with Gasteiger partial charge in [0.05, 0.1) is 19.0 Å². The van der Waals surface area contributed by atoms with Gasteiger partial charge in [0, 0.05) is 0 Å². The summed E-state index contributed by atoms with van der Waals surface area (Å²) >= 11 is 0. The number of hydrogen-bond acceptors (Lipinski definition) is 3. The summed E-state index contributed by atoms with van der Waals surface area (Å²) in [4.78, 5) is 24.1. The molecule has 2 rings (SSSR count). The van der Waals surface area contributed by atoms with Crippen molar-refractivity contribution in [2.24, 2.45) is 5.73 Å². The van der Waals surface area contributed by atoms with Crippen LogP contribution in [0.5, 0.6) is 0 Å². The van der Waals surface area contributed by atoms with Crippen LogP contribution in [0.1, 0.15) is 12.0 Å². The van der Waals surface area contributed by atoms with E-state index < -0.39 is 6.04 Å². The second kappa shape index (κ2) is 3.82. The Morgan fingerprint density at radius 1 is 1.27 bits per heavy atom. The molecule has 1 fully saturated rings. The lowest BCUT2D eigenvalue weighted by Gasteiger charge is -2.13. The molecule has 15 heavy (non-hydrogen) atoms. The summed E-state index contributed by atoms with van der Waals surface area (Å²) in [7, 11) is 0. The van der Waals surface area contributed by atoms with E-state index in [2.05, 4.69) is 0 Å². The molecular formula is C11H12N2O2. The SMILES string of the molecule is N[C@H]1CC(=O)N(Cc2ccccc2)C1=O. The lowest BCUT2D eigenvalue weighted by atomic mass is 10.2. The molecule has 0 aliphatic carbocycles. The van der Waals surface area contributed by atoms with Crippen LogP contribution in [0.25, 0.3) is 0 Å². The van der Waals surface area contributed by atoms with Crippen LogP contribution in [0.15, 0.2) is 30.3 Å². The van der Waals surface area contributed by atoms with Gasteiger partial charge in [-0.1, -0.05) is 30.3 Å². The van der Waals surface area contributed by atoms with Crippen molar-refractivity contribution < 1.29 is 9.59 Å². The van der Waals surface area contributed by atoms with Crippen molar-refractivity contribution in [1.29, 1.82) is 0 Å². The minimum atomic E-state index is -0.652. The normalized spacial score (nSPS) is 21.1. The van der Waals surface area contributed by atoms with Gasteiger partial charge in [-0.25, -0.2) is 0 Å². The number of nitrogens with two attached hydrogens (primary N) is 1. The Hall–Kier alpha value is -1.68. The molecular weight excluding hydrogens is 192 g/mol. The zero-order valence-corrected chi connectivity index (χ0v) is 8.22.